The SMILES string of the molecule is Cl.O=C(CNC1c2ccccc2-c2ccccc21)OCc1ccccc1. The van der Waals surface area contributed by atoms with Crippen LogP contribution in [0.3, 0.4) is 0 Å². The number of carbonyl (C=O) groups excluding carboxylic acids is 1. The molecule has 0 unspecified atom stereocenters. The fourth-order valence-corrected chi connectivity index (χ4v) is 3.35. The van der Waals surface area contributed by atoms with E-state index in [9.17, 15) is 4.79 Å². The van der Waals surface area contributed by atoms with E-state index in [2.05, 4.69) is 29.6 Å². The summed E-state index contributed by atoms with van der Waals surface area (Å²) in [5.41, 5.74) is 5.87. The van der Waals surface area contributed by atoms with Crippen molar-refractivity contribution in [2.75, 3.05) is 6.54 Å². The fourth-order valence-electron chi connectivity index (χ4n) is 3.35. The molecule has 3 aromatic rings. The van der Waals surface area contributed by atoms with Crippen LogP contribution in [0.25, 0.3) is 11.1 Å². The molecule has 0 radical (unpaired) electrons. The van der Waals surface area contributed by atoms with Gasteiger partial charge < -0.3 is 4.74 Å². The van der Waals surface area contributed by atoms with Gasteiger partial charge in [-0.1, -0.05) is 78.9 Å². The van der Waals surface area contributed by atoms with E-state index in [4.69, 9.17) is 4.74 Å². The second-order valence-electron chi connectivity index (χ2n) is 6.13. The number of rotatable bonds is 5. The highest BCUT2D eigenvalue weighted by molar-refractivity contribution is 5.85. The molecule has 0 spiro atoms. The van der Waals surface area contributed by atoms with Crippen molar-refractivity contribution in [2.45, 2.75) is 12.6 Å². The monoisotopic (exact) mass is 365 g/mol. The predicted octanol–water partition coefficient (Wildman–Crippen LogP) is 4.51. The summed E-state index contributed by atoms with van der Waals surface area (Å²) in [6, 6.07) is 26.4. The number of hydrogen-bond acceptors (Lipinski definition) is 3. The number of carbonyl (C=O) groups is 1. The Labute approximate surface area is 159 Å². The molecular formula is C22H20ClNO2. The summed E-state index contributed by atoms with van der Waals surface area (Å²) in [7, 11) is 0. The van der Waals surface area contributed by atoms with Crippen LogP contribution in [0.4, 0.5) is 0 Å². The van der Waals surface area contributed by atoms with Gasteiger partial charge in [0.1, 0.15) is 6.61 Å². The van der Waals surface area contributed by atoms with Crippen molar-refractivity contribution in [3.05, 3.63) is 95.6 Å². The van der Waals surface area contributed by atoms with Gasteiger partial charge in [-0.3, -0.25) is 10.1 Å². The van der Waals surface area contributed by atoms with Crippen LogP contribution >= 0.6 is 12.4 Å². The molecule has 4 rings (SSSR count). The molecule has 1 aliphatic carbocycles. The molecule has 0 saturated heterocycles. The third-order valence-electron chi connectivity index (χ3n) is 4.53. The van der Waals surface area contributed by atoms with Crippen LogP contribution in [-0.4, -0.2) is 12.5 Å². The van der Waals surface area contributed by atoms with Crippen molar-refractivity contribution >= 4 is 18.4 Å². The summed E-state index contributed by atoms with van der Waals surface area (Å²) in [6.45, 7) is 0.485. The van der Waals surface area contributed by atoms with Crippen molar-refractivity contribution in [1.29, 1.82) is 0 Å². The van der Waals surface area contributed by atoms with Gasteiger partial charge in [0.25, 0.3) is 0 Å². The maximum atomic E-state index is 12.1. The molecule has 0 bridgehead atoms. The highest BCUT2D eigenvalue weighted by Crippen LogP contribution is 2.42. The molecule has 132 valence electrons. The Morgan fingerprint density at radius 2 is 1.35 bits per heavy atom. The molecule has 3 nitrogen and oxygen atoms in total. The minimum Gasteiger partial charge on any atom is -0.460 e. The lowest BCUT2D eigenvalue weighted by molar-refractivity contribution is -0.143. The summed E-state index contributed by atoms with van der Waals surface area (Å²) in [4.78, 5) is 12.1. The Morgan fingerprint density at radius 3 is 1.96 bits per heavy atom. The molecule has 0 heterocycles. The number of hydrogen-bond donors (Lipinski definition) is 1. The van der Waals surface area contributed by atoms with Crippen LogP contribution in [0, 0.1) is 0 Å². The molecule has 4 heteroatoms. The number of fused-ring (bicyclic) bond motifs is 3. The van der Waals surface area contributed by atoms with Crippen LogP contribution in [0.5, 0.6) is 0 Å². The van der Waals surface area contributed by atoms with Gasteiger partial charge in [-0.2, -0.15) is 0 Å². The first-order chi connectivity index (χ1) is 12.3. The quantitative estimate of drug-likeness (QED) is 0.676. The third kappa shape index (κ3) is 3.64. The van der Waals surface area contributed by atoms with Crippen molar-refractivity contribution in [3.63, 3.8) is 0 Å². The first-order valence-corrected chi connectivity index (χ1v) is 8.44. The van der Waals surface area contributed by atoms with Crippen molar-refractivity contribution < 1.29 is 9.53 Å². The number of nitrogens with one attached hydrogen (secondary N) is 1. The Morgan fingerprint density at radius 1 is 0.808 bits per heavy atom. The van der Waals surface area contributed by atoms with E-state index in [-0.39, 0.29) is 31.0 Å². The van der Waals surface area contributed by atoms with Crippen molar-refractivity contribution in [1.82, 2.24) is 5.32 Å². The minimum absolute atomic E-state index is 0. The Balaban J connectivity index is 0.00000196. The standard InChI is InChI=1S/C22H19NO2.ClH/c24-21(25-15-16-8-2-1-3-9-16)14-23-22-19-12-6-4-10-17(19)18-11-5-7-13-20(18)22;/h1-13,22-23H,14-15H2;1H. The van der Waals surface area contributed by atoms with E-state index in [0.29, 0.717) is 6.61 Å². The second kappa shape index (κ2) is 8.17. The summed E-state index contributed by atoms with van der Waals surface area (Å²) < 4.78 is 5.36. The highest BCUT2D eigenvalue weighted by atomic mass is 35.5. The van der Waals surface area contributed by atoms with Crippen LogP contribution < -0.4 is 5.32 Å². The van der Waals surface area contributed by atoms with Gasteiger partial charge >= 0.3 is 5.97 Å². The Kier molecular flexibility index (Phi) is 5.71. The normalized spacial score (nSPS) is 12.0. The van der Waals surface area contributed by atoms with Gasteiger partial charge in [0, 0.05) is 0 Å². The highest BCUT2D eigenvalue weighted by Gasteiger charge is 2.27. The van der Waals surface area contributed by atoms with Gasteiger partial charge in [0.2, 0.25) is 0 Å². The number of halogens is 1. The van der Waals surface area contributed by atoms with E-state index in [1.807, 2.05) is 54.6 Å². The maximum absolute atomic E-state index is 12.1. The zero-order valence-electron chi connectivity index (χ0n) is 14.2. The van der Waals surface area contributed by atoms with Gasteiger partial charge in [0.05, 0.1) is 12.6 Å². The summed E-state index contributed by atoms with van der Waals surface area (Å²) in [5, 5.41) is 3.36. The van der Waals surface area contributed by atoms with Crippen LogP contribution in [-0.2, 0) is 16.1 Å². The molecule has 0 saturated carbocycles. The zero-order valence-corrected chi connectivity index (χ0v) is 15.0. The first kappa shape index (κ1) is 18.2. The first-order valence-electron chi connectivity index (χ1n) is 8.44. The smallest absolute Gasteiger partial charge is 0.320 e. The molecule has 26 heavy (non-hydrogen) atoms. The van der Waals surface area contributed by atoms with E-state index >= 15 is 0 Å². The molecule has 0 atom stereocenters. The van der Waals surface area contributed by atoms with E-state index < -0.39 is 0 Å². The largest absolute Gasteiger partial charge is 0.460 e. The number of ether oxygens (including phenoxy) is 1. The lowest BCUT2D eigenvalue weighted by Gasteiger charge is -2.15. The summed E-state index contributed by atoms with van der Waals surface area (Å²) in [6.07, 6.45) is 0. The van der Waals surface area contributed by atoms with Crippen LogP contribution in [0.1, 0.15) is 22.7 Å². The molecular weight excluding hydrogens is 346 g/mol. The molecule has 1 aliphatic rings. The molecule has 0 aliphatic heterocycles. The topological polar surface area (TPSA) is 38.3 Å². The maximum Gasteiger partial charge on any atom is 0.320 e. The van der Waals surface area contributed by atoms with E-state index in [1.165, 1.54) is 22.3 Å². The van der Waals surface area contributed by atoms with Gasteiger partial charge in [-0.05, 0) is 27.8 Å². The molecule has 0 amide bonds. The zero-order chi connectivity index (χ0) is 17.1. The lowest BCUT2D eigenvalue weighted by Crippen LogP contribution is -2.28. The third-order valence-corrected chi connectivity index (χ3v) is 4.53. The van der Waals surface area contributed by atoms with Gasteiger partial charge in [-0.25, -0.2) is 0 Å². The van der Waals surface area contributed by atoms with Crippen LogP contribution in [0.15, 0.2) is 78.9 Å². The van der Waals surface area contributed by atoms with Crippen LogP contribution in [0.2, 0.25) is 0 Å². The van der Waals surface area contributed by atoms with Gasteiger partial charge in [-0.15, -0.1) is 12.4 Å². The summed E-state index contributed by atoms with van der Waals surface area (Å²) >= 11 is 0. The predicted molar refractivity (Wildman–Crippen MR) is 105 cm³/mol. The van der Waals surface area contributed by atoms with Crippen molar-refractivity contribution in [3.8, 4) is 11.1 Å². The Bertz CT molecular complexity index is 850. The second-order valence-corrected chi connectivity index (χ2v) is 6.13. The average Bonchev–Trinajstić information content (AvgIpc) is 2.99. The average molecular weight is 366 g/mol. The van der Waals surface area contributed by atoms with Gasteiger partial charge in [0.15, 0.2) is 0 Å². The van der Waals surface area contributed by atoms with E-state index in [0.717, 1.165) is 5.56 Å². The number of benzene rings is 3. The summed E-state index contributed by atoms with van der Waals surface area (Å²) in [5.74, 6) is -0.245. The minimum atomic E-state index is -0.245. The van der Waals surface area contributed by atoms with E-state index in [1.54, 1.807) is 0 Å². The molecule has 3 aromatic carbocycles. The number of esters is 1. The molecule has 1 N–H and O–H groups in total. The molecule has 0 aromatic heterocycles. The fraction of sp³-hybridized carbons (Fsp3) is 0.136. The van der Waals surface area contributed by atoms with Crippen molar-refractivity contribution in [2.24, 2.45) is 0 Å². The Hall–Kier alpha value is -2.62. The lowest BCUT2D eigenvalue weighted by atomic mass is 10.1. The molecule has 0 fully saturated rings.